The van der Waals surface area contributed by atoms with E-state index in [1.165, 1.54) is 48.5 Å². The molecule has 0 aromatic heterocycles. The van der Waals surface area contributed by atoms with Crippen LogP contribution >= 0.6 is 0 Å². The van der Waals surface area contributed by atoms with Crippen LogP contribution < -0.4 is 9.80 Å². The molecule has 0 radical (unpaired) electrons. The van der Waals surface area contributed by atoms with Crippen molar-refractivity contribution in [1.29, 1.82) is 0 Å². The number of carbonyl (C=O) groups excluding carboxylic acids is 4. The SMILES string of the molecule is O=C1c2ccc3c4c(ccc(c24)C(=O)N1c1ccc(O)c(CN2CCOCC2)c1)C(=O)N(c1ccc(O)c(CN2CCOCC2)c1)C3=O. The van der Waals surface area contributed by atoms with E-state index in [1.54, 1.807) is 12.1 Å². The maximum Gasteiger partial charge on any atom is 0.265 e. The van der Waals surface area contributed by atoms with Crippen LogP contribution in [0.2, 0.25) is 0 Å². The summed E-state index contributed by atoms with van der Waals surface area (Å²) >= 11 is 0. The van der Waals surface area contributed by atoms with Gasteiger partial charge in [0, 0.05) is 83.4 Å². The van der Waals surface area contributed by atoms with Crippen LogP contribution in [0.25, 0.3) is 10.8 Å². The first-order valence-electron chi connectivity index (χ1n) is 15.9. The molecule has 244 valence electrons. The highest BCUT2D eigenvalue weighted by atomic mass is 16.5. The zero-order valence-corrected chi connectivity index (χ0v) is 26.0. The highest BCUT2D eigenvalue weighted by molar-refractivity contribution is 6.42. The summed E-state index contributed by atoms with van der Waals surface area (Å²) in [6, 6.07) is 15.4. The van der Waals surface area contributed by atoms with Crippen LogP contribution in [0, 0.1) is 0 Å². The fraction of sp³-hybridized carbons (Fsp3) is 0.278. The lowest BCUT2D eigenvalue weighted by molar-refractivity contribution is 0.0338. The molecular weight excluding hydrogens is 616 g/mol. The summed E-state index contributed by atoms with van der Waals surface area (Å²) in [6.45, 7) is 5.98. The third kappa shape index (κ3) is 4.92. The zero-order valence-electron chi connectivity index (χ0n) is 26.0. The van der Waals surface area contributed by atoms with Crippen molar-refractivity contribution in [3.8, 4) is 11.5 Å². The minimum Gasteiger partial charge on any atom is -0.508 e. The lowest BCUT2D eigenvalue weighted by Gasteiger charge is -2.32. The van der Waals surface area contributed by atoms with Crippen molar-refractivity contribution in [3.63, 3.8) is 0 Å². The molecule has 4 heterocycles. The third-order valence-corrected chi connectivity index (χ3v) is 9.53. The Morgan fingerprint density at radius 1 is 0.500 bits per heavy atom. The van der Waals surface area contributed by atoms with Crippen molar-refractivity contribution in [2.24, 2.45) is 0 Å². The molecule has 0 saturated carbocycles. The van der Waals surface area contributed by atoms with Gasteiger partial charge in [-0.25, -0.2) is 9.80 Å². The second-order valence-corrected chi connectivity index (χ2v) is 12.4. The van der Waals surface area contributed by atoms with Crippen LogP contribution in [0.5, 0.6) is 11.5 Å². The van der Waals surface area contributed by atoms with Gasteiger partial charge in [0.2, 0.25) is 0 Å². The van der Waals surface area contributed by atoms with Crippen molar-refractivity contribution in [2.75, 3.05) is 62.4 Å². The summed E-state index contributed by atoms with van der Waals surface area (Å²) in [5, 5.41) is 21.7. The van der Waals surface area contributed by atoms with Gasteiger partial charge >= 0.3 is 0 Å². The maximum atomic E-state index is 14.0. The lowest BCUT2D eigenvalue weighted by Crippen LogP contribution is -2.43. The van der Waals surface area contributed by atoms with Crippen LogP contribution in [-0.4, -0.2) is 96.2 Å². The minimum absolute atomic E-state index is 0.0597. The second kappa shape index (κ2) is 11.8. The molecule has 0 spiro atoms. The predicted octanol–water partition coefficient (Wildman–Crippen LogP) is 3.52. The van der Waals surface area contributed by atoms with Crippen LogP contribution in [-0.2, 0) is 22.6 Å². The van der Waals surface area contributed by atoms with Gasteiger partial charge in [-0.3, -0.25) is 29.0 Å². The number of amides is 4. The molecule has 0 aliphatic carbocycles. The van der Waals surface area contributed by atoms with E-state index in [2.05, 4.69) is 9.80 Å². The smallest absolute Gasteiger partial charge is 0.265 e. The Labute approximate surface area is 275 Å². The number of nitrogens with zero attached hydrogens (tertiary/aromatic N) is 4. The third-order valence-electron chi connectivity index (χ3n) is 9.53. The molecule has 2 N–H and O–H groups in total. The number of hydrogen-bond donors (Lipinski definition) is 2. The van der Waals surface area contributed by atoms with E-state index in [4.69, 9.17) is 9.47 Å². The van der Waals surface area contributed by atoms with E-state index in [1.807, 2.05) is 0 Å². The number of carbonyl (C=O) groups is 4. The molecule has 2 fully saturated rings. The minimum atomic E-state index is -0.590. The average Bonchev–Trinajstić information content (AvgIpc) is 3.10. The van der Waals surface area contributed by atoms with Crippen LogP contribution in [0.3, 0.4) is 0 Å². The van der Waals surface area contributed by atoms with Gasteiger partial charge in [0.05, 0.1) is 37.8 Å². The summed E-state index contributed by atoms with van der Waals surface area (Å²) in [5.41, 5.74) is 2.54. The van der Waals surface area contributed by atoms with Crippen molar-refractivity contribution in [2.45, 2.75) is 13.1 Å². The molecule has 4 amide bonds. The number of imide groups is 2. The standard InChI is InChI=1S/C36H32N4O8/c41-29-7-1-23(17-21(29)19-37-9-13-47-14-10-37)39-33(43)25-3-5-27-32-28(6-4-26(31(25)32)34(39)44)36(46)40(35(27)45)24-2-8-30(42)22(18-24)20-38-11-15-48-16-12-38/h1-8,17-18,41-42H,9-16,19-20H2. The van der Waals surface area contributed by atoms with Gasteiger partial charge in [0.25, 0.3) is 23.6 Å². The van der Waals surface area contributed by atoms with Crippen LogP contribution in [0.15, 0.2) is 60.7 Å². The Morgan fingerprint density at radius 3 is 1.17 bits per heavy atom. The number of phenols is 2. The van der Waals surface area contributed by atoms with E-state index in [0.29, 0.717) is 88.2 Å². The highest BCUT2D eigenvalue weighted by Crippen LogP contribution is 2.41. The van der Waals surface area contributed by atoms with Crippen LogP contribution in [0.4, 0.5) is 11.4 Å². The zero-order chi connectivity index (χ0) is 33.1. The van der Waals surface area contributed by atoms with Gasteiger partial charge in [-0.2, -0.15) is 0 Å². The average molecular weight is 649 g/mol. The molecule has 4 aliphatic heterocycles. The monoisotopic (exact) mass is 648 g/mol. The maximum absolute atomic E-state index is 14.0. The number of morpholine rings is 2. The van der Waals surface area contributed by atoms with Gasteiger partial charge in [-0.15, -0.1) is 0 Å². The van der Waals surface area contributed by atoms with Gasteiger partial charge in [-0.05, 0) is 60.7 Å². The van der Waals surface area contributed by atoms with E-state index < -0.39 is 23.6 Å². The fourth-order valence-electron chi connectivity index (χ4n) is 7.02. The molecule has 4 aromatic carbocycles. The summed E-state index contributed by atoms with van der Waals surface area (Å²) in [4.78, 5) is 62.4. The van der Waals surface area contributed by atoms with Crippen molar-refractivity contribution in [1.82, 2.24) is 9.80 Å². The summed E-state index contributed by atoms with van der Waals surface area (Å²) in [5.74, 6) is -2.24. The first kappa shape index (κ1) is 30.2. The fourth-order valence-corrected chi connectivity index (χ4v) is 7.02. The Morgan fingerprint density at radius 2 is 0.833 bits per heavy atom. The molecule has 12 nitrogen and oxygen atoms in total. The molecule has 8 rings (SSSR count). The summed E-state index contributed by atoms with van der Waals surface area (Å²) in [7, 11) is 0. The summed E-state index contributed by atoms with van der Waals surface area (Å²) < 4.78 is 10.8. The van der Waals surface area contributed by atoms with E-state index in [-0.39, 0.29) is 44.5 Å². The number of anilines is 2. The largest absolute Gasteiger partial charge is 0.508 e. The molecule has 0 atom stereocenters. The topological polar surface area (TPSA) is 140 Å². The van der Waals surface area contributed by atoms with Gasteiger partial charge in [0.15, 0.2) is 0 Å². The normalized spacial score (nSPS) is 18.7. The number of aromatic hydroxyl groups is 2. The predicted molar refractivity (Wildman–Crippen MR) is 175 cm³/mol. The number of phenolic OH excluding ortho intramolecular Hbond substituents is 2. The van der Waals surface area contributed by atoms with Gasteiger partial charge in [0.1, 0.15) is 11.5 Å². The van der Waals surface area contributed by atoms with Crippen LogP contribution in [0.1, 0.15) is 52.6 Å². The quantitative estimate of drug-likeness (QED) is 0.299. The number of ether oxygens (including phenoxy) is 2. The lowest BCUT2D eigenvalue weighted by atomic mass is 9.85. The molecule has 4 aromatic rings. The molecule has 48 heavy (non-hydrogen) atoms. The molecule has 4 aliphatic rings. The Bertz CT molecular complexity index is 1820. The van der Waals surface area contributed by atoms with Crippen molar-refractivity contribution in [3.05, 3.63) is 94.0 Å². The van der Waals surface area contributed by atoms with E-state index >= 15 is 0 Å². The van der Waals surface area contributed by atoms with Gasteiger partial charge in [-0.1, -0.05) is 0 Å². The molecular formula is C36H32N4O8. The number of rotatable bonds is 6. The first-order chi connectivity index (χ1) is 23.3. The van der Waals surface area contributed by atoms with E-state index in [9.17, 15) is 29.4 Å². The molecule has 12 heteroatoms. The Balaban J connectivity index is 1.14. The number of hydrogen-bond acceptors (Lipinski definition) is 10. The van der Waals surface area contributed by atoms with Crippen molar-refractivity contribution >= 4 is 45.8 Å². The Kier molecular flexibility index (Phi) is 7.45. The molecule has 2 saturated heterocycles. The number of benzene rings is 4. The Hall–Kier alpha value is -5.14. The van der Waals surface area contributed by atoms with E-state index in [0.717, 1.165) is 9.80 Å². The second-order valence-electron chi connectivity index (χ2n) is 12.4. The van der Waals surface area contributed by atoms with Gasteiger partial charge < -0.3 is 19.7 Å². The molecule has 0 bridgehead atoms. The van der Waals surface area contributed by atoms with Crippen molar-refractivity contribution < 1.29 is 38.9 Å². The first-order valence-corrected chi connectivity index (χ1v) is 15.9. The molecule has 0 unspecified atom stereocenters. The summed E-state index contributed by atoms with van der Waals surface area (Å²) in [6.07, 6.45) is 0. The highest BCUT2D eigenvalue weighted by Gasteiger charge is 2.41.